The maximum absolute atomic E-state index is 12.1. The maximum Gasteiger partial charge on any atom is 0.250 e. The molecule has 0 aromatic carbocycles. The number of aromatic nitrogens is 3. The third-order valence-electron chi connectivity index (χ3n) is 5.83. The maximum atomic E-state index is 12.1. The summed E-state index contributed by atoms with van der Waals surface area (Å²) in [6, 6.07) is 8.04. The second-order valence-corrected chi connectivity index (χ2v) is 7.81. The van der Waals surface area contributed by atoms with Gasteiger partial charge in [0.05, 0.1) is 0 Å². The van der Waals surface area contributed by atoms with Crippen LogP contribution in [0.25, 0.3) is 22.2 Å². The molecule has 5 nitrogen and oxygen atoms in total. The van der Waals surface area contributed by atoms with E-state index in [4.69, 9.17) is 0 Å². The lowest BCUT2D eigenvalue weighted by molar-refractivity contribution is 0.221. The molecule has 0 saturated carbocycles. The molecule has 27 heavy (non-hydrogen) atoms. The van der Waals surface area contributed by atoms with Crippen molar-refractivity contribution in [3.05, 3.63) is 52.7 Å². The molecule has 0 unspecified atom stereocenters. The predicted molar refractivity (Wildman–Crippen MR) is 112 cm³/mol. The van der Waals surface area contributed by atoms with Crippen molar-refractivity contribution >= 4 is 11.0 Å². The van der Waals surface area contributed by atoms with Gasteiger partial charge >= 0.3 is 0 Å². The number of aromatic amines is 1. The summed E-state index contributed by atoms with van der Waals surface area (Å²) < 4.78 is 1.79. The van der Waals surface area contributed by atoms with Crippen LogP contribution < -0.4 is 5.56 Å². The van der Waals surface area contributed by atoms with Gasteiger partial charge in [0.1, 0.15) is 5.65 Å². The number of fused-ring (bicyclic) bond motifs is 1. The highest BCUT2D eigenvalue weighted by atomic mass is 16.1. The van der Waals surface area contributed by atoms with Crippen molar-refractivity contribution < 1.29 is 1.43 Å². The van der Waals surface area contributed by atoms with Gasteiger partial charge in [-0.2, -0.15) is 0 Å². The van der Waals surface area contributed by atoms with Crippen LogP contribution in [0, 0.1) is 0 Å². The first-order valence-electron chi connectivity index (χ1n) is 9.99. The number of nitrogens with one attached hydrogen (secondary N) is 1. The first-order valence-corrected chi connectivity index (χ1v) is 9.99. The Kier molecular flexibility index (Phi) is 4.87. The predicted octanol–water partition coefficient (Wildman–Crippen LogP) is 4.42. The van der Waals surface area contributed by atoms with Gasteiger partial charge in [-0.15, -0.1) is 0 Å². The molecule has 1 fully saturated rings. The van der Waals surface area contributed by atoms with E-state index in [0.717, 1.165) is 41.8 Å². The zero-order valence-corrected chi connectivity index (χ0v) is 16.4. The molecule has 1 aliphatic heterocycles. The average Bonchev–Trinajstić information content (AvgIpc) is 3.12. The third-order valence-corrected chi connectivity index (χ3v) is 5.83. The summed E-state index contributed by atoms with van der Waals surface area (Å²) >= 11 is 0. The molecule has 4 heterocycles. The summed E-state index contributed by atoms with van der Waals surface area (Å²) in [7, 11) is 0. The van der Waals surface area contributed by atoms with Crippen molar-refractivity contribution in [3.63, 3.8) is 0 Å². The molecular weight excluding hydrogens is 336 g/mol. The third kappa shape index (κ3) is 3.44. The molecule has 144 valence electrons. The Morgan fingerprint density at radius 2 is 2.04 bits per heavy atom. The van der Waals surface area contributed by atoms with Gasteiger partial charge in [0.2, 0.25) is 0 Å². The van der Waals surface area contributed by atoms with Gasteiger partial charge in [-0.05, 0) is 75.6 Å². The first kappa shape index (κ1) is 18.0. The highest BCUT2D eigenvalue weighted by Crippen LogP contribution is 2.33. The van der Waals surface area contributed by atoms with Crippen LogP contribution in [-0.2, 0) is 0 Å². The molecule has 0 amide bonds. The van der Waals surface area contributed by atoms with E-state index in [9.17, 15) is 4.79 Å². The molecular formula is C22H30N4O. The Morgan fingerprint density at radius 3 is 2.74 bits per heavy atom. The fraction of sp³-hybridized carbons (Fsp3) is 0.455. The number of nitrogens with zero attached hydrogens (tertiary/aromatic N) is 3. The minimum Gasteiger partial charge on any atom is -0.343 e. The lowest BCUT2D eigenvalue weighted by atomic mass is 9.93. The lowest BCUT2D eigenvalue weighted by Crippen LogP contribution is -2.32. The fourth-order valence-electron chi connectivity index (χ4n) is 4.15. The number of hydrogen-bond acceptors (Lipinski definition) is 3. The van der Waals surface area contributed by atoms with E-state index >= 15 is 0 Å². The molecule has 0 aliphatic carbocycles. The number of hydrogen-bond donors (Lipinski definition) is 1. The summed E-state index contributed by atoms with van der Waals surface area (Å²) in [6.07, 6.45) is 6.19. The lowest BCUT2D eigenvalue weighted by Gasteiger charge is -2.30. The summed E-state index contributed by atoms with van der Waals surface area (Å²) in [6.45, 7) is 9.76. The normalized spacial score (nSPS) is 16.4. The zero-order chi connectivity index (χ0) is 19.0. The summed E-state index contributed by atoms with van der Waals surface area (Å²) in [5.41, 5.74) is 4.45. The van der Waals surface area contributed by atoms with Gasteiger partial charge < -0.3 is 14.5 Å². The Morgan fingerprint density at radius 1 is 1.26 bits per heavy atom. The van der Waals surface area contributed by atoms with E-state index in [1.165, 1.54) is 18.5 Å². The van der Waals surface area contributed by atoms with Gasteiger partial charge in [-0.25, -0.2) is 4.98 Å². The Labute approximate surface area is 161 Å². The number of rotatable bonds is 4. The molecule has 1 aliphatic rings. The molecule has 1 N–H and O–H groups in total. The van der Waals surface area contributed by atoms with Crippen LogP contribution in [0.4, 0.5) is 0 Å². The summed E-state index contributed by atoms with van der Waals surface area (Å²) in [5.74, 6) is 0.569. The molecule has 0 radical (unpaired) electrons. The van der Waals surface area contributed by atoms with Gasteiger partial charge in [-0.1, -0.05) is 6.92 Å². The van der Waals surface area contributed by atoms with Crippen LogP contribution in [0.2, 0.25) is 0 Å². The standard InChI is InChI=1S/C22H28N4O.H2/c1-4-25-11-8-16(9-12-25)20-13-19-18(7-10-23-22(19)24-20)17-5-6-21(27)26(14-17)15(2)3;/h5-7,10,13-16H,4,8-9,11-12H2,1-3H3,(H,23,24);1H. The van der Waals surface area contributed by atoms with Gasteiger partial charge in [-0.3, -0.25) is 4.79 Å². The number of H-pyrrole nitrogens is 1. The van der Waals surface area contributed by atoms with E-state index in [-0.39, 0.29) is 13.0 Å². The van der Waals surface area contributed by atoms with Crippen LogP contribution in [0.15, 0.2) is 41.5 Å². The Balaban J connectivity index is 0.00000225. The van der Waals surface area contributed by atoms with Gasteiger partial charge in [0.15, 0.2) is 0 Å². The number of pyridine rings is 2. The largest absolute Gasteiger partial charge is 0.343 e. The highest BCUT2D eigenvalue weighted by molar-refractivity contribution is 5.93. The molecule has 5 heteroatoms. The quantitative estimate of drug-likeness (QED) is 0.744. The van der Waals surface area contributed by atoms with Crippen molar-refractivity contribution in [2.75, 3.05) is 19.6 Å². The zero-order valence-electron chi connectivity index (χ0n) is 16.4. The minimum atomic E-state index is 0. The van der Waals surface area contributed by atoms with Crippen LogP contribution in [-0.4, -0.2) is 39.1 Å². The Hall–Kier alpha value is -2.40. The van der Waals surface area contributed by atoms with Crippen LogP contribution in [0.1, 0.15) is 52.7 Å². The first-order chi connectivity index (χ1) is 13.1. The van der Waals surface area contributed by atoms with E-state index in [1.807, 2.05) is 38.4 Å². The molecule has 0 spiro atoms. The topological polar surface area (TPSA) is 53.9 Å². The molecule has 0 atom stereocenters. The van der Waals surface area contributed by atoms with Crippen LogP contribution in [0.5, 0.6) is 0 Å². The van der Waals surface area contributed by atoms with Crippen LogP contribution in [0.3, 0.4) is 0 Å². The molecule has 0 bridgehead atoms. The molecule has 1 saturated heterocycles. The van der Waals surface area contributed by atoms with Crippen molar-refractivity contribution in [2.24, 2.45) is 0 Å². The molecule has 4 rings (SSSR count). The second kappa shape index (κ2) is 7.31. The fourth-order valence-corrected chi connectivity index (χ4v) is 4.15. The summed E-state index contributed by atoms with van der Waals surface area (Å²) in [4.78, 5) is 22.7. The van der Waals surface area contributed by atoms with Gasteiger partial charge in [0, 0.05) is 42.9 Å². The highest BCUT2D eigenvalue weighted by Gasteiger charge is 2.22. The SMILES string of the molecule is CCN1CCC(c2cc3c(-c4ccc(=O)n(C(C)C)c4)ccnc3[nH]2)CC1.[HH]. The van der Waals surface area contributed by atoms with E-state index < -0.39 is 0 Å². The smallest absolute Gasteiger partial charge is 0.250 e. The van der Waals surface area contributed by atoms with Crippen LogP contribution >= 0.6 is 0 Å². The van der Waals surface area contributed by atoms with E-state index in [0.29, 0.717) is 5.92 Å². The minimum absolute atomic E-state index is 0. The second-order valence-electron chi connectivity index (χ2n) is 7.81. The Bertz CT molecular complexity index is 999. The monoisotopic (exact) mass is 366 g/mol. The number of likely N-dealkylation sites (tertiary alicyclic amines) is 1. The van der Waals surface area contributed by atoms with Crippen molar-refractivity contribution in [2.45, 2.75) is 45.6 Å². The molecule has 3 aromatic heterocycles. The van der Waals surface area contributed by atoms with Crippen molar-refractivity contribution in [1.82, 2.24) is 19.4 Å². The van der Waals surface area contributed by atoms with Crippen molar-refractivity contribution in [3.8, 4) is 11.1 Å². The summed E-state index contributed by atoms with van der Waals surface area (Å²) in [5, 5.41) is 1.14. The molecule has 3 aromatic rings. The van der Waals surface area contributed by atoms with Crippen molar-refractivity contribution in [1.29, 1.82) is 0 Å². The van der Waals surface area contributed by atoms with Gasteiger partial charge in [0.25, 0.3) is 5.56 Å². The number of piperidine rings is 1. The average molecular weight is 367 g/mol. The van der Waals surface area contributed by atoms with E-state index in [2.05, 4.69) is 27.9 Å². The van der Waals surface area contributed by atoms with E-state index in [1.54, 1.807) is 10.6 Å².